The number of nitrogens with two attached hydrogens (primary N) is 1. The zero-order chi connectivity index (χ0) is 14.7. The highest BCUT2D eigenvalue weighted by molar-refractivity contribution is 5.97. The number of nitrogens with zero attached hydrogens (tertiary/aromatic N) is 1. The van der Waals surface area contributed by atoms with Crippen LogP contribution in [0, 0.1) is 13.8 Å². The van der Waals surface area contributed by atoms with Crippen LogP contribution in [0.4, 0.5) is 5.69 Å². The van der Waals surface area contributed by atoms with Crippen molar-refractivity contribution in [1.29, 1.82) is 0 Å². The second-order valence-electron chi connectivity index (χ2n) is 5.07. The van der Waals surface area contributed by atoms with Gasteiger partial charge in [0.25, 0.3) is 0 Å². The molecule has 20 heavy (non-hydrogen) atoms. The summed E-state index contributed by atoms with van der Waals surface area (Å²) >= 11 is 0. The Morgan fingerprint density at radius 2 is 1.65 bits per heavy atom. The van der Waals surface area contributed by atoms with Gasteiger partial charge in [-0.3, -0.25) is 4.79 Å². The van der Waals surface area contributed by atoms with Crippen LogP contribution < -0.4 is 10.6 Å². The fourth-order valence-electron chi connectivity index (χ4n) is 2.18. The molecule has 104 valence electrons. The summed E-state index contributed by atoms with van der Waals surface area (Å²) in [6, 6.07) is 14.9. The molecule has 0 saturated carbocycles. The average Bonchev–Trinajstić information content (AvgIpc) is 2.46. The fourth-order valence-corrected chi connectivity index (χ4v) is 2.18. The summed E-state index contributed by atoms with van der Waals surface area (Å²) in [5, 5.41) is 0. The summed E-state index contributed by atoms with van der Waals surface area (Å²) in [5.74, 6) is -0.108. The van der Waals surface area contributed by atoms with Crippen molar-refractivity contribution in [2.45, 2.75) is 19.9 Å². The molecular weight excluding hydrogens is 248 g/mol. The molecule has 0 aromatic heterocycles. The summed E-state index contributed by atoms with van der Waals surface area (Å²) < 4.78 is 0. The molecule has 0 bridgehead atoms. The maximum Gasteiger partial charge on any atom is 0.248 e. The molecule has 0 aliphatic heterocycles. The van der Waals surface area contributed by atoms with Gasteiger partial charge in [0.05, 0.1) is 0 Å². The third-order valence-corrected chi connectivity index (χ3v) is 3.51. The van der Waals surface area contributed by atoms with Gasteiger partial charge in [0.1, 0.15) is 6.04 Å². The molecule has 0 aliphatic rings. The number of rotatable bonds is 3. The zero-order valence-electron chi connectivity index (χ0n) is 12.1. The monoisotopic (exact) mass is 268 g/mol. The molecule has 3 nitrogen and oxygen atoms in total. The van der Waals surface area contributed by atoms with Crippen molar-refractivity contribution in [3.05, 3.63) is 65.2 Å². The van der Waals surface area contributed by atoms with E-state index in [1.165, 1.54) is 0 Å². The molecule has 2 N–H and O–H groups in total. The number of carbonyl (C=O) groups is 1. The van der Waals surface area contributed by atoms with E-state index in [1.54, 1.807) is 11.9 Å². The SMILES string of the molecule is Cc1ccc(C(N)C(=O)N(C)c2ccccc2C)cc1. The third-order valence-electron chi connectivity index (χ3n) is 3.51. The van der Waals surface area contributed by atoms with Gasteiger partial charge >= 0.3 is 0 Å². The second kappa shape index (κ2) is 5.88. The van der Waals surface area contributed by atoms with Crippen LogP contribution in [-0.4, -0.2) is 13.0 Å². The Kier molecular flexibility index (Phi) is 4.20. The van der Waals surface area contributed by atoms with Crippen LogP contribution in [0.25, 0.3) is 0 Å². The van der Waals surface area contributed by atoms with E-state index in [0.717, 1.165) is 22.4 Å². The number of para-hydroxylation sites is 1. The molecule has 1 unspecified atom stereocenters. The summed E-state index contributed by atoms with van der Waals surface area (Å²) in [6.45, 7) is 3.99. The Labute approximate surface area is 120 Å². The first-order valence-corrected chi connectivity index (χ1v) is 6.66. The number of hydrogen-bond donors (Lipinski definition) is 1. The normalized spacial score (nSPS) is 12.0. The van der Waals surface area contributed by atoms with Gasteiger partial charge in [-0.05, 0) is 31.0 Å². The first-order chi connectivity index (χ1) is 9.50. The largest absolute Gasteiger partial charge is 0.316 e. The quantitative estimate of drug-likeness (QED) is 0.930. The van der Waals surface area contributed by atoms with Crippen LogP contribution in [0.5, 0.6) is 0 Å². The van der Waals surface area contributed by atoms with Gasteiger partial charge in [-0.15, -0.1) is 0 Å². The van der Waals surface area contributed by atoms with Crippen molar-refractivity contribution >= 4 is 11.6 Å². The predicted molar refractivity (Wildman–Crippen MR) is 82.7 cm³/mol. The molecule has 0 aliphatic carbocycles. The van der Waals surface area contributed by atoms with E-state index in [2.05, 4.69) is 0 Å². The zero-order valence-corrected chi connectivity index (χ0v) is 12.1. The maximum absolute atomic E-state index is 12.5. The molecule has 2 rings (SSSR count). The molecule has 0 spiro atoms. The third kappa shape index (κ3) is 2.89. The Morgan fingerprint density at radius 3 is 2.25 bits per heavy atom. The van der Waals surface area contributed by atoms with Crippen LogP contribution in [0.15, 0.2) is 48.5 Å². The first-order valence-electron chi connectivity index (χ1n) is 6.66. The molecule has 0 heterocycles. The fraction of sp³-hybridized carbons (Fsp3) is 0.235. The van der Waals surface area contributed by atoms with Crippen LogP contribution in [-0.2, 0) is 4.79 Å². The molecule has 3 heteroatoms. The van der Waals surface area contributed by atoms with E-state index in [0.29, 0.717) is 0 Å². The molecule has 2 aromatic carbocycles. The van der Waals surface area contributed by atoms with Gasteiger partial charge in [-0.2, -0.15) is 0 Å². The van der Waals surface area contributed by atoms with Crippen molar-refractivity contribution < 1.29 is 4.79 Å². The number of benzene rings is 2. The number of anilines is 1. The highest BCUT2D eigenvalue weighted by atomic mass is 16.2. The molecular formula is C17H20N2O. The van der Waals surface area contributed by atoms with E-state index >= 15 is 0 Å². The molecule has 0 saturated heterocycles. The molecule has 2 aromatic rings. The van der Waals surface area contributed by atoms with Gasteiger partial charge in [0, 0.05) is 12.7 Å². The second-order valence-corrected chi connectivity index (χ2v) is 5.07. The van der Waals surface area contributed by atoms with Crippen molar-refractivity contribution in [3.63, 3.8) is 0 Å². The van der Waals surface area contributed by atoms with Crippen molar-refractivity contribution in [2.75, 3.05) is 11.9 Å². The van der Waals surface area contributed by atoms with Crippen LogP contribution >= 0.6 is 0 Å². The lowest BCUT2D eigenvalue weighted by Gasteiger charge is -2.23. The van der Waals surface area contributed by atoms with Gasteiger partial charge < -0.3 is 10.6 Å². The van der Waals surface area contributed by atoms with Crippen LogP contribution in [0.1, 0.15) is 22.7 Å². The first kappa shape index (κ1) is 14.3. The van der Waals surface area contributed by atoms with Gasteiger partial charge in [-0.1, -0.05) is 48.0 Å². The number of amides is 1. The van der Waals surface area contributed by atoms with Gasteiger partial charge in [-0.25, -0.2) is 0 Å². The molecule has 1 amide bonds. The minimum Gasteiger partial charge on any atom is -0.316 e. The van der Waals surface area contributed by atoms with E-state index in [4.69, 9.17) is 5.73 Å². The summed E-state index contributed by atoms with van der Waals surface area (Å²) in [6.07, 6.45) is 0. The predicted octanol–water partition coefficient (Wildman–Crippen LogP) is 2.97. The number of aryl methyl sites for hydroxylation is 2. The van der Waals surface area contributed by atoms with Crippen molar-refractivity contribution in [2.24, 2.45) is 5.73 Å². The minimum absolute atomic E-state index is 0.108. The Balaban J connectivity index is 2.22. The summed E-state index contributed by atoms with van der Waals surface area (Å²) in [4.78, 5) is 14.1. The van der Waals surface area contributed by atoms with E-state index < -0.39 is 6.04 Å². The smallest absolute Gasteiger partial charge is 0.248 e. The summed E-state index contributed by atoms with van der Waals surface area (Å²) in [5.41, 5.74) is 10.0. The topological polar surface area (TPSA) is 46.3 Å². The Morgan fingerprint density at radius 1 is 1.05 bits per heavy atom. The van der Waals surface area contributed by atoms with Crippen molar-refractivity contribution in [3.8, 4) is 0 Å². The average molecular weight is 268 g/mol. The Bertz CT molecular complexity index is 605. The Hall–Kier alpha value is -2.13. The number of hydrogen-bond acceptors (Lipinski definition) is 2. The van der Waals surface area contributed by atoms with Crippen molar-refractivity contribution in [1.82, 2.24) is 0 Å². The lowest BCUT2D eigenvalue weighted by atomic mass is 10.0. The molecule has 0 radical (unpaired) electrons. The number of carbonyl (C=O) groups excluding carboxylic acids is 1. The highest BCUT2D eigenvalue weighted by Crippen LogP contribution is 2.21. The lowest BCUT2D eigenvalue weighted by molar-refractivity contribution is -0.119. The molecule has 1 atom stereocenters. The lowest BCUT2D eigenvalue weighted by Crippen LogP contribution is -2.36. The van der Waals surface area contributed by atoms with Gasteiger partial charge in [0.15, 0.2) is 0 Å². The summed E-state index contributed by atoms with van der Waals surface area (Å²) in [7, 11) is 1.76. The number of likely N-dealkylation sites (N-methyl/N-ethyl adjacent to an activating group) is 1. The van der Waals surface area contributed by atoms with Crippen LogP contribution in [0.2, 0.25) is 0 Å². The minimum atomic E-state index is -0.639. The van der Waals surface area contributed by atoms with E-state index in [-0.39, 0.29) is 5.91 Å². The van der Waals surface area contributed by atoms with E-state index in [9.17, 15) is 4.79 Å². The van der Waals surface area contributed by atoms with E-state index in [1.807, 2.05) is 62.4 Å². The van der Waals surface area contributed by atoms with Gasteiger partial charge in [0.2, 0.25) is 5.91 Å². The van der Waals surface area contributed by atoms with Crippen LogP contribution in [0.3, 0.4) is 0 Å². The molecule has 0 fully saturated rings. The standard InChI is InChI=1S/C17H20N2O/c1-12-8-10-14(11-9-12)16(18)17(20)19(3)15-7-5-4-6-13(15)2/h4-11,16H,18H2,1-3H3. The highest BCUT2D eigenvalue weighted by Gasteiger charge is 2.21. The maximum atomic E-state index is 12.5.